The number of carbonyl (C=O) groups excluding carboxylic acids is 1. The molecular formula is C17H23N3O4. The van der Waals surface area contributed by atoms with Crippen LogP contribution < -0.4 is 4.74 Å². The van der Waals surface area contributed by atoms with E-state index in [1.54, 1.807) is 6.07 Å². The first kappa shape index (κ1) is 19.5. The molecule has 0 aliphatic heterocycles. The van der Waals surface area contributed by atoms with Crippen molar-refractivity contribution in [1.29, 1.82) is 0 Å². The first-order valence-electron chi connectivity index (χ1n) is 7.72. The van der Waals surface area contributed by atoms with Gasteiger partial charge in [-0.2, -0.15) is 0 Å². The standard InChI is InChI=1S/C17H23N3O4/c1-11-8-12(2)16(17(3,4)10-14(21)22)13(9-11)24-15(23)6-5-7-19-20-18/h8-9H,5-7,10H2,1-4H3,(H,21,22). The lowest BCUT2D eigenvalue weighted by atomic mass is 9.78. The largest absolute Gasteiger partial charge is 0.481 e. The summed E-state index contributed by atoms with van der Waals surface area (Å²) in [4.78, 5) is 25.8. The van der Waals surface area contributed by atoms with Gasteiger partial charge in [-0.3, -0.25) is 9.59 Å². The van der Waals surface area contributed by atoms with Crippen molar-refractivity contribution in [2.75, 3.05) is 6.54 Å². The Kier molecular flexibility index (Phi) is 6.80. The summed E-state index contributed by atoms with van der Waals surface area (Å²) in [5.41, 5.74) is 10.1. The molecule has 1 aromatic carbocycles. The van der Waals surface area contributed by atoms with Crippen LogP contribution in [-0.4, -0.2) is 23.6 Å². The van der Waals surface area contributed by atoms with Gasteiger partial charge in [-0.25, -0.2) is 0 Å². The van der Waals surface area contributed by atoms with E-state index in [-0.39, 0.29) is 19.4 Å². The Morgan fingerprint density at radius 3 is 2.58 bits per heavy atom. The molecule has 0 saturated carbocycles. The Hall–Kier alpha value is -2.53. The van der Waals surface area contributed by atoms with Crippen LogP contribution in [0.3, 0.4) is 0 Å². The topological polar surface area (TPSA) is 112 Å². The summed E-state index contributed by atoms with van der Waals surface area (Å²) in [5, 5.41) is 12.5. The summed E-state index contributed by atoms with van der Waals surface area (Å²) in [6.07, 6.45) is 0.463. The minimum absolute atomic E-state index is 0.0711. The highest BCUT2D eigenvalue weighted by molar-refractivity contribution is 5.74. The molecule has 7 heteroatoms. The Morgan fingerprint density at radius 1 is 1.33 bits per heavy atom. The van der Waals surface area contributed by atoms with Gasteiger partial charge < -0.3 is 9.84 Å². The maximum absolute atomic E-state index is 12.0. The van der Waals surface area contributed by atoms with Crippen molar-refractivity contribution in [2.45, 2.75) is 52.4 Å². The van der Waals surface area contributed by atoms with E-state index in [0.717, 1.165) is 16.7 Å². The number of esters is 1. The maximum Gasteiger partial charge on any atom is 0.311 e. The molecule has 0 aliphatic rings. The highest BCUT2D eigenvalue weighted by atomic mass is 16.5. The van der Waals surface area contributed by atoms with Crippen LogP contribution in [-0.2, 0) is 15.0 Å². The van der Waals surface area contributed by atoms with Gasteiger partial charge in [0.2, 0.25) is 0 Å². The molecule has 0 aromatic heterocycles. The number of carboxylic acids is 1. The van der Waals surface area contributed by atoms with Gasteiger partial charge in [-0.15, -0.1) is 0 Å². The molecule has 0 atom stereocenters. The van der Waals surface area contributed by atoms with Crippen LogP contribution in [0.1, 0.15) is 49.8 Å². The number of rotatable bonds is 8. The maximum atomic E-state index is 12.0. The molecule has 0 spiro atoms. The zero-order valence-electron chi connectivity index (χ0n) is 14.5. The SMILES string of the molecule is Cc1cc(C)c(C(C)(C)CC(=O)O)c(OC(=O)CCCN=[N+]=[N-])c1. The average Bonchev–Trinajstić information content (AvgIpc) is 2.40. The molecule has 0 fully saturated rings. The molecule has 0 radical (unpaired) electrons. The van der Waals surface area contributed by atoms with Crippen molar-refractivity contribution in [3.8, 4) is 5.75 Å². The smallest absolute Gasteiger partial charge is 0.311 e. The van der Waals surface area contributed by atoms with Crippen molar-refractivity contribution in [2.24, 2.45) is 5.11 Å². The molecule has 1 rings (SSSR count). The summed E-state index contributed by atoms with van der Waals surface area (Å²) < 4.78 is 5.49. The number of benzene rings is 1. The van der Waals surface area contributed by atoms with Gasteiger partial charge in [-0.1, -0.05) is 25.0 Å². The zero-order valence-corrected chi connectivity index (χ0v) is 14.5. The Bertz CT molecular complexity index is 677. The van der Waals surface area contributed by atoms with Gasteiger partial charge in [0.25, 0.3) is 0 Å². The lowest BCUT2D eigenvalue weighted by Crippen LogP contribution is -2.25. The van der Waals surface area contributed by atoms with Gasteiger partial charge in [0.15, 0.2) is 0 Å². The second-order valence-electron chi connectivity index (χ2n) is 6.44. The van der Waals surface area contributed by atoms with Crippen LogP contribution in [0.5, 0.6) is 5.75 Å². The van der Waals surface area contributed by atoms with Crippen LogP contribution in [0.4, 0.5) is 0 Å². The van der Waals surface area contributed by atoms with Crippen LogP contribution in [0, 0.1) is 13.8 Å². The van der Waals surface area contributed by atoms with Crippen LogP contribution in [0.2, 0.25) is 0 Å². The third kappa shape index (κ3) is 5.59. The van der Waals surface area contributed by atoms with E-state index in [0.29, 0.717) is 12.2 Å². The number of nitrogens with zero attached hydrogens (tertiary/aromatic N) is 3. The second kappa shape index (κ2) is 8.36. The molecular weight excluding hydrogens is 310 g/mol. The van der Waals surface area contributed by atoms with Crippen molar-refractivity contribution >= 4 is 11.9 Å². The number of hydrogen-bond acceptors (Lipinski definition) is 4. The molecule has 130 valence electrons. The highest BCUT2D eigenvalue weighted by Gasteiger charge is 2.30. The molecule has 0 unspecified atom stereocenters. The van der Waals surface area contributed by atoms with E-state index >= 15 is 0 Å². The third-order valence-corrected chi connectivity index (χ3v) is 3.64. The molecule has 0 aliphatic carbocycles. The number of aryl methyl sites for hydroxylation is 2. The Morgan fingerprint density at radius 2 is 2.00 bits per heavy atom. The number of ether oxygens (including phenoxy) is 1. The third-order valence-electron chi connectivity index (χ3n) is 3.64. The van der Waals surface area contributed by atoms with Crippen molar-refractivity contribution in [1.82, 2.24) is 0 Å². The molecule has 0 amide bonds. The molecule has 0 heterocycles. The molecule has 1 aromatic rings. The van der Waals surface area contributed by atoms with E-state index in [9.17, 15) is 9.59 Å². The van der Waals surface area contributed by atoms with Gasteiger partial charge in [0.05, 0.1) is 6.42 Å². The fourth-order valence-corrected chi connectivity index (χ4v) is 2.86. The summed E-state index contributed by atoms with van der Waals surface area (Å²) >= 11 is 0. The normalized spacial score (nSPS) is 10.8. The van der Waals surface area contributed by atoms with E-state index in [1.165, 1.54) is 0 Å². The fraction of sp³-hybridized carbons (Fsp3) is 0.529. The first-order valence-corrected chi connectivity index (χ1v) is 7.72. The first-order chi connectivity index (χ1) is 11.2. The Balaban J connectivity index is 3.07. The minimum atomic E-state index is -0.911. The quantitative estimate of drug-likeness (QED) is 0.193. The summed E-state index contributed by atoms with van der Waals surface area (Å²) in [6.45, 7) is 7.64. The summed E-state index contributed by atoms with van der Waals surface area (Å²) in [7, 11) is 0. The molecule has 7 nitrogen and oxygen atoms in total. The van der Waals surface area contributed by atoms with E-state index < -0.39 is 17.4 Å². The number of carboxylic acid groups (broad SMARTS) is 1. The summed E-state index contributed by atoms with van der Waals surface area (Å²) in [5.74, 6) is -0.945. The summed E-state index contributed by atoms with van der Waals surface area (Å²) in [6, 6.07) is 3.69. The van der Waals surface area contributed by atoms with Crippen molar-refractivity contribution in [3.63, 3.8) is 0 Å². The minimum Gasteiger partial charge on any atom is -0.481 e. The van der Waals surface area contributed by atoms with Gasteiger partial charge in [0, 0.05) is 28.9 Å². The number of aliphatic carboxylic acids is 1. The van der Waals surface area contributed by atoms with E-state index in [4.69, 9.17) is 15.4 Å². The van der Waals surface area contributed by atoms with Crippen molar-refractivity contribution < 1.29 is 19.4 Å². The van der Waals surface area contributed by atoms with E-state index in [1.807, 2.05) is 33.8 Å². The highest BCUT2D eigenvalue weighted by Crippen LogP contribution is 2.38. The monoisotopic (exact) mass is 333 g/mol. The average molecular weight is 333 g/mol. The predicted molar refractivity (Wildman–Crippen MR) is 90.1 cm³/mol. The molecule has 24 heavy (non-hydrogen) atoms. The zero-order chi connectivity index (χ0) is 18.3. The van der Waals surface area contributed by atoms with E-state index in [2.05, 4.69) is 10.0 Å². The van der Waals surface area contributed by atoms with Crippen LogP contribution in [0.15, 0.2) is 17.2 Å². The predicted octanol–water partition coefficient (Wildman–Crippen LogP) is 4.05. The van der Waals surface area contributed by atoms with Crippen LogP contribution in [0.25, 0.3) is 10.4 Å². The Labute approximate surface area is 141 Å². The van der Waals surface area contributed by atoms with Crippen molar-refractivity contribution in [3.05, 3.63) is 39.3 Å². The molecule has 0 bridgehead atoms. The molecule has 0 saturated heterocycles. The fourth-order valence-electron chi connectivity index (χ4n) is 2.86. The number of carbonyl (C=O) groups is 2. The second-order valence-corrected chi connectivity index (χ2v) is 6.44. The van der Waals surface area contributed by atoms with Gasteiger partial charge in [-0.05, 0) is 43.0 Å². The lowest BCUT2D eigenvalue weighted by molar-refractivity contribution is -0.138. The number of azide groups is 1. The number of hydrogen-bond donors (Lipinski definition) is 1. The van der Waals surface area contributed by atoms with Gasteiger partial charge in [0.1, 0.15) is 5.75 Å². The molecule has 1 N–H and O–H groups in total. The lowest BCUT2D eigenvalue weighted by Gasteiger charge is -2.28. The van der Waals surface area contributed by atoms with Gasteiger partial charge >= 0.3 is 11.9 Å². The van der Waals surface area contributed by atoms with Crippen LogP contribution >= 0.6 is 0 Å².